The molecule has 7 nitrogen and oxygen atoms in total. The SMILES string of the molecule is CCn1cnc(S(=O)(=O)N2CCC[C@H](C(=O)Nc3ccccc3F)C2)c1. The van der Waals surface area contributed by atoms with Crippen molar-refractivity contribution in [1.82, 2.24) is 13.9 Å². The first kappa shape index (κ1) is 18.5. The van der Waals surface area contributed by atoms with Gasteiger partial charge in [-0.2, -0.15) is 4.31 Å². The van der Waals surface area contributed by atoms with Gasteiger partial charge in [-0.1, -0.05) is 12.1 Å². The molecule has 1 aliphatic heterocycles. The van der Waals surface area contributed by atoms with Gasteiger partial charge in [-0.05, 0) is 31.9 Å². The Hall–Kier alpha value is -2.26. The molecule has 1 aromatic heterocycles. The lowest BCUT2D eigenvalue weighted by atomic mass is 9.98. The number of carbonyl (C=O) groups excluding carboxylic acids is 1. The van der Waals surface area contributed by atoms with Gasteiger partial charge in [-0.15, -0.1) is 0 Å². The second kappa shape index (κ2) is 7.55. The van der Waals surface area contributed by atoms with Crippen LogP contribution in [0.25, 0.3) is 0 Å². The summed E-state index contributed by atoms with van der Waals surface area (Å²) in [6.07, 6.45) is 4.07. The van der Waals surface area contributed by atoms with E-state index in [0.29, 0.717) is 25.9 Å². The Morgan fingerprint density at radius 2 is 2.15 bits per heavy atom. The number of amides is 1. The average Bonchev–Trinajstić information content (AvgIpc) is 3.14. The summed E-state index contributed by atoms with van der Waals surface area (Å²) in [5.41, 5.74) is 0.0965. The van der Waals surface area contributed by atoms with Gasteiger partial charge in [-0.25, -0.2) is 17.8 Å². The molecule has 1 aliphatic rings. The monoisotopic (exact) mass is 380 g/mol. The number of carbonyl (C=O) groups is 1. The number of nitrogens with zero attached hydrogens (tertiary/aromatic N) is 3. The van der Waals surface area contributed by atoms with E-state index in [4.69, 9.17) is 0 Å². The standard InChI is InChI=1S/C17H21FN4O3S/c1-2-21-11-16(19-12-21)26(24,25)22-9-5-6-13(10-22)17(23)20-15-8-4-3-7-14(15)18/h3-4,7-8,11-13H,2,5-6,9-10H2,1H3,(H,20,23)/t13-/m0/s1. The van der Waals surface area contributed by atoms with Crippen LogP contribution in [-0.2, 0) is 21.4 Å². The van der Waals surface area contributed by atoms with Crippen LogP contribution in [0.3, 0.4) is 0 Å². The lowest BCUT2D eigenvalue weighted by Crippen LogP contribution is -2.43. The molecule has 0 aliphatic carbocycles. The second-order valence-corrected chi connectivity index (χ2v) is 8.10. The van der Waals surface area contributed by atoms with Crippen LogP contribution in [-0.4, -0.2) is 41.3 Å². The van der Waals surface area contributed by atoms with E-state index in [1.165, 1.54) is 35.0 Å². The van der Waals surface area contributed by atoms with Crippen molar-refractivity contribution in [2.75, 3.05) is 18.4 Å². The molecule has 1 saturated heterocycles. The van der Waals surface area contributed by atoms with E-state index in [2.05, 4.69) is 10.3 Å². The largest absolute Gasteiger partial charge is 0.336 e. The molecule has 2 aromatic rings. The van der Waals surface area contributed by atoms with E-state index >= 15 is 0 Å². The number of halogens is 1. The van der Waals surface area contributed by atoms with E-state index in [0.717, 1.165) is 0 Å². The fraction of sp³-hybridized carbons (Fsp3) is 0.412. The number of anilines is 1. The van der Waals surface area contributed by atoms with Gasteiger partial charge in [0.1, 0.15) is 5.82 Å². The molecule has 9 heteroatoms. The number of nitrogens with one attached hydrogen (secondary N) is 1. The summed E-state index contributed by atoms with van der Waals surface area (Å²) < 4.78 is 42.2. The highest BCUT2D eigenvalue weighted by atomic mass is 32.2. The van der Waals surface area contributed by atoms with Crippen molar-refractivity contribution < 1.29 is 17.6 Å². The van der Waals surface area contributed by atoms with Crippen LogP contribution in [0.2, 0.25) is 0 Å². The maximum atomic E-state index is 13.7. The average molecular weight is 380 g/mol. The Labute approximate surface area is 151 Å². The summed E-state index contributed by atoms with van der Waals surface area (Å²) in [4.78, 5) is 16.4. The number of aryl methyl sites for hydroxylation is 1. The Bertz CT molecular complexity index is 897. The van der Waals surface area contributed by atoms with Crippen LogP contribution in [0.4, 0.5) is 10.1 Å². The van der Waals surface area contributed by atoms with Gasteiger partial charge in [0, 0.05) is 25.8 Å². The number of piperidine rings is 1. The molecule has 0 radical (unpaired) electrons. The van der Waals surface area contributed by atoms with Crippen LogP contribution >= 0.6 is 0 Å². The molecule has 3 rings (SSSR count). The molecule has 0 unspecified atom stereocenters. The Balaban J connectivity index is 1.72. The van der Waals surface area contributed by atoms with Crippen molar-refractivity contribution >= 4 is 21.6 Å². The molecule has 140 valence electrons. The predicted octanol–water partition coefficient (Wildman–Crippen LogP) is 2.08. The fourth-order valence-electron chi connectivity index (χ4n) is 2.95. The van der Waals surface area contributed by atoms with Crippen molar-refractivity contribution in [1.29, 1.82) is 0 Å². The van der Waals surface area contributed by atoms with Crippen LogP contribution in [0.15, 0.2) is 41.8 Å². The molecule has 0 spiro atoms. The summed E-state index contributed by atoms with van der Waals surface area (Å²) in [5.74, 6) is -1.44. The molecule has 2 heterocycles. The molecule has 0 bridgehead atoms. The Morgan fingerprint density at radius 1 is 1.38 bits per heavy atom. The third-order valence-electron chi connectivity index (χ3n) is 4.47. The molecule has 1 aromatic carbocycles. The van der Waals surface area contributed by atoms with Gasteiger partial charge in [0.2, 0.25) is 5.91 Å². The minimum Gasteiger partial charge on any atom is -0.336 e. The zero-order chi connectivity index (χ0) is 18.7. The van der Waals surface area contributed by atoms with E-state index in [9.17, 15) is 17.6 Å². The van der Waals surface area contributed by atoms with Crippen molar-refractivity contribution in [2.45, 2.75) is 31.3 Å². The maximum Gasteiger partial charge on any atom is 0.262 e. The number of para-hydroxylation sites is 1. The number of sulfonamides is 1. The molecule has 1 N–H and O–H groups in total. The van der Waals surface area contributed by atoms with Crippen molar-refractivity contribution in [3.8, 4) is 0 Å². The zero-order valence-corrected chi connectivity index (χ0v) is 15.2. The minimum absolute atomic E-state index is 0.0190. The number of hydrogen-bond donors (Lipinski definition) is 1. The number of benzene rings is 1. The summed E-state index contributed by atoms with van der Waals surface area (Å²) in [6.45, 7) is 2.91. The predicted molar refractivity (Wildman–Crippen MR) is 94.4 cm³/mol. The van der Waals surface area contributed by atoms with Gasteiger partial charge < -0.3 is 9.88 Å². The normalized spacial score (nSPS) is 18.6. The van der Waals surface area contributed by atoms with Gasteiger partial charge in [-0.3, -0.25) is 4.79 Å². The fourth-order valence-corrected chi connectivity index (χ4v) is 4.41. The summed E-state index contributed by atoms with van der Waals surface area (Å²) in [5, 5.41) is 2.53. The Kier molecular flexibility index (Phi) is 5.38. The molecule has 1 amide bonds. The summed E-state index contributed by atoms with van der Waals surface area (Å²) in [7, 11) is -3.75. The maximum absolute atomic E-state index is 13.7. The highest BCUT2D eigenvalue weighted by molar-refractivity contribution is 7.89. The van der Waals surface area contributed by atoms with Crippen molar-refractivity contribution in [3.63, 3.8) is 0 Å². The Morgan fingerprint density at radius 3 is 2.85 bits per heavy atom. The molecule has 1 atom stereocenters. The lowest BCUT2D eigenvalue weighted by molar-refractivity contribution is -0.120. The van der Waals surface area contributed by atoms with E-state index in [1.807, 2.05) is 6.92 Å². The first-order valence-electron chi connectivity index (χ1n) is 8.49. The molecular formula is C17H21FN4O3S. The van der Waals surface area contributed by atoms with Gasteiger partial charge in [0.25, 0.3) is 10.0 Å². The van der Waals surface area contributed by atoms with Crippen LogP contribution in [0.1, 0.15) is 19.8 Å². The number of hydrogen-bond acceptors (Lipinski definition) is 4. The van der Waals surface area contributed by atoms with Gasteiger partial charge in [0.15, 0.2) is 5.03 Å². The minimum atomic E-state index is -3.75. The van der Waals surface area contributed by atoms with Gasteiger partial charge >= 0.3 is 0 Å². The molecular weight excluding hydrogens is 359 g/mol. The topological polar surface area (TPSA) is 84.3 Å². The first-order valence-corrected chi connectivity index (χ1v) is 9.93. The third kappa shape index (κ3) is 3.78. The first-order chi connectivity index (χ1) is 12.4. The summed E-state index contributed by atoms with van der Waals surface area (Å²) in [6, 6.07) is 5.90. The highest BCUT2D eigenvalue weighted by Gasteiger charge is 2.34. The van der Waals surface area contributed by atoms with Crippen LogP contribution in [0.5, 0.6) is 0 Å². The number of imidazole rings is 1. The van der Waals surface area contributed by atoms with E-state index in [-0.39, 0.29) is 23.2 Å². The van der Waals surface area contributed by atoms with Crippen LogP contribution in [0, 0.1) is 11.7 Å². The third-order valence-corrected chi connectivity index (χ3v) is 6.22. The molecule has 0 saturated carbocycles. The highest BCUT2D eigenvalue weighted by Crippen LogP contribution is 2.24. The molecule has 26 heavy (non-hydrogen) atoms. The van der Waals surface area contributed by atoms with Gasteiger partial charge in [0.05, 0.1) is 17.9 Å². The van der Waals surface area contributed by atoms with Crippen molar-refractivity contribution in [2.24, 2.45) is 5.92 Å². The molecule has 1 fully saturated rings. The number of aromatic nitrogens is 2. The van der Waals surface area contributed by atoms with E-state index in [1.54, 1.807) is 10.6 Å². The number of rotatable bonds is 5. The van der Waals surface area contributed by atoms with Crippen LogP contribution < -0.4 is 5.32 Å². The quantitative estimate of drug-likeness (QED) is 0.861. The smallest absolute Gasteiger partial charge is 0.262 e. The van der Waals surface area contributed by atoms with E-state index < -0.39 is 21.8 Å². The lowest BCUT2D eigenvalue weighted by Gasteiger charge is -2.30. The zero-order valence-electron chi connectivity index (χ0n) is 14.4. The second-order valence-electron chi connectivity index (χ2n) is 6.21. The summed E-state index contributed by atoms with van der Waals surface area (Å²) >= 11 is 0. The van der Waals surface area contributed by atoms with Crippen molar-refractivity contribution in [3.05, 3.63) is 42.6 Å².